The van der Waals surface area contributed by atoms with E-state index in [0.29, 0.717) is 43.0 Å². The van der Waals surface area contributed by atoms with Crippen LogP contribution in [0.5, 0.6) is 0 Å². The van der Waals surface area contributed by atoms with Gasteiger partial charge in [0.15, 0.2) is 5.96 Å². The number of aldehydes is 1. The summed E-state index contributed by atoms with van der Waals surface area (Å²) in [6.45, 7) is 17.0. The zero-order chi connectivity index (χ0) is 29.3. The first-order valence-corrected chi connectivity index (χ1v) is 12.9. The predicted octanol–water partition coefficient (Wildman–Crippen LogP) is 6.77. The molecule has 0 aromatic heterocycles. The van der Waals surface area contributed by atoms with Crippen molar-refractivity contribution in [2.24, 2.45) is 21.8 Å². The first-order valence-electron chi connectivity index (χ1n) is 12.9. The number of aliphatic imine (C=N–C) groups is 2. The van der Waals surface area contributed by atoms with Crippen molar-refractivity contribution in [2.75, 3.05) is 33.7 Å². The second-order valence-corrected chi connectivity index (χ2v) is 9.89. The van der Waals surface area contributed by atoms with Crippen molar-refractivity contribution >= 4 is 18.0 Å². The predicted molar refractivity (Wildman–Crippen MR) is 151 cm³/mol. The Kier molecular flexibility index (Phi) is 11.4. The third-order valence-corrected chi connectivity index (χ3v) is 6.80. The van der Waals surface area contributed by atoms with E-state index in [1.165, 1.54) is 12.2 Å². The molecule has 0 saturated carbocycles. The van der Waals surface area contributed by atoms with Crippen LogP contribution in [-0.4, -0.2) is 67.7 Å². The van der Waals surface area contributed by atoms with E-state index >= 15 is 4.39 Å². The van der Waals surface area contributed by atoms with E-state index in [4.69, 9.17) is 4.99 Å². The van der Waals surface area contributed by atoms with Crippen LogP contribution in [0.2, 0.25) is 0 Å². The molecule has 0 saturated heterocycles. The number of nitrogens with zero attached hydrogens (tertiary/aromatic N) is 4. The molecule has 0 N–H and O–H groups in total. The van der Waals surface area contributed by atoms with Gasteiger partial charge in [-0.2, -0.15) is 13.2 Å². The highest BCUT2D eigenvalue weighted by Crippen LogP contribution is 2.34. The molecule has 5 nitrogen and oxygen atoms in total. The van der Waals surface area contributed by atoms with Crippen LogP contribution in [0.1, 0.15) is 33.1 Å². The van der Waals surface area contributed by atoms with E-state index in [9.17, 15) is 18.0 Å². The van der Waals surface area contributed by atoms with Gasteiger partial charge in [-0.3, -0.25) is 4.99 Å². The molecule has 2 aliphatic heterocycles. The minimum Gasteiger partial charge on any atom is -0.346 e. The third kappa shape index (κ3) is 9.04. The van der Waals surface area contributed by atoms with Crippen molar-refractivity contribution in [3.63, 3.8) is 0 Å². The van der Waals surface area contributed by atoms with Crippen molar-refractivity contribution in [3.05, 3.63) is 83.9 Å². The van der Waals surface area contributed by atoms with Crippen LogP contribution in [0.4, 0.5) is 17.6 Å². The first-order chi connectivity index (χ1) is 18.3. The molecule has 0 aromatic carbocycles. The maximum Gasteiger partial charge on any atom is 0.409 e. The molecule has 0 radical (unpaired) electrons. The fourth-order valence-electron chi connectivity index (χ4n) is 4.37. The number of alkyl halides is 3. The minimum absolute atomic E-state index is 0.00675. The molecule has 0 amide bonds. The molecule has 0 fully saturated rings. The Morgan fingerprint density at radius 3 is 2.64 bits per heavy atom. The Bertz CT molecular complexity index is 1150. The summed E-state index contributed by atoms with van der Waals surface area (Å²) in [6, 6.07) is 0. The monoisotopic (exact) mass is 546 g/mol. The summed E-state index contributed by atoms with van der Waals surface area (Å²) in [7, 11) is 3.92. The van der Waals surface area contributed by atoms with Crippen LogP contribution < -0.4 is 0 Å². The summed E-state index contributed by atoms with van der Waals surface area (Å²) in [5.74, 6) is -0.0916. The molecule has 0 aliphatic carbocycles. The van der Waals surface area contributed by atoms with Crippen molar-refractivity contribution in [1.82, 2.24) is 9.80 Å². The molecule has 0 spiro atoms. The van der Waals surface area contributed by atoms with Gasteiger partial charge in [0.1, 0.15) is 12.1 Å². The Morgan fingerprint density at radius 2 is 2.03 bits per heavy atom. The third-order valence-electron chi connectivity index (χ3n) is 6.80. The summed E-state index contributed by atoms with van der Waals surface area (Å²) in [5.41, 5.74) is 2.11. The summed E-state index contributed by atoms with van der Waals surface area (Å²) < 4.78 is 53.4. The number of rotatable bonds is 11. The van der Waals surface area contributed by atoms with Gasteiger partial charge in [0.05, 0.1) is 18.0 Å². The number of carbonyl (C=O) groups is 1. The van der Waals surface area contributed by atoms with Gasteiger partial charge in [0.25, 0.3) is 0 Å². The van der Waals surface area contributed by atoms with Gasteiger partial charge in [-0.25, -0.2) is 9.38 Å². The van der Waals surface area contributed by atoms with E-state index in [-0.39, 0.29) is 23.1 Å². The Balaban J connectivity index is 2.12. The molecule has 39 heavy (non-hydrogen) atoms. The maximum absolute atomic E-state index is 15.3. The molecule has 0 bridgehead atoms. The number of carbonyl (C=O) groups excluding carboxylic acids is 1. The molecular weight excluding hydrogens is 508 g/mol. The van der Waals surface area contributed by atoms with E-state index in [0.717, 1.165) is 36.9 Å². The van der Waals surface area contributed by atoms with E-state index in [1.807, 2.05) is 32.0 Å². The second-order valence-electron chi connectivity index (χ2n) is 9.89. The lowest BCUT2D eigenvalue weighted by atomic mass is 9.91. The second kappa shape index (κ2) is 14.1. The summed E-state index contributed by atoms with van der Waals surface area (Å²) in [4.78, 5) is 23.8. The Hall–Kier alpha value is -3.49. The highest BCUT2D eigenvalue weighted by atomic mass is 19.4. The normalized spacial score (nSPS) is 21.0. The Morgan fingerprint density at radius 1 is 1.33 bits per heavy atom. The highest BCUT2D eigenvalue weighted by Gasteiger charge is 2.29. The van der Waals surface area contributed by atoms with Crippen LogP contribution in [-0.2, 0) is 4.79 Å². The standard InChI is InChI=1S/C30H38F4N4O/c1-8-27-25(9-14-30(32,33)34)22(4)28(36-27)23(5)26(31)19-21(3)24-10-15-35-29(38(7)17-12-24)37(6)16-11-20(2)13-18-39/h8-10,14,18-20,22H,1,3,5,11-13,15-17H2,2,4,6-7H3/b14-9+,24-10+,26-19+,35-29?. The molecule has 2 heterocycles. The van der Waals surface area contributed by atoms with Crippen LogP contribution >= 0.6 is 0 Å². The van der Waals surface area contributed by atoms with Gasteiger partial charge in [-0.15, -0.1) is 0 Å². The topological polar surface area (TPSA) is 48.3 Å². The summed E-state index contributed by atoms with van der Waals surface area (Å²) in [5, 5.41) is 0. The van der Waals surface area contributed by atoms with Gasteiger partial charge >= 0.3 is 6.18 Å². The molecule has 2 atom stereocenters. The van der Waals surface area contributed by atoms with Crippen molar-refractivity contribution in [1.29, 1.82) is 0 Å². The molecule has 2 rings (SSSR count). The fraction of sp³-hybridized carbons (Fsp3) is 0.433. The van der Waals surface area contributed by atoms with Gasteiger partial charge in [0.2, 0.25) is 0 Å². The summed E-state index contributed by atoms with van der Waals surface area (Å²) in [6.07, 6.45) is 4.13. The van der Waals surface area contributed by atoms with Crippen LogP contribution in [0, 0.1) is 11.8 Å². The Labute approximate surface area is 229 Å². The van der Waals surface area contributed by atoms with Crippen LogP contribution in [0.25, 0.3) is 0 Å². The zero-order valence-electron chi connectivity index (χ0n) is 23.2. The van der Waals surface area contributed by atoms with Crippen molar-refractivity contribution in [3.8, 4) is 0 Å². The molecule has 212 valence electrons. The van der Waals surface area contributed by atoms with E-state index in [1.54, 1.807) is 6.92 Å². The van der Waals surface area contributed by atoms with E-state index in [2.05, 4.69) is 29.6 Å². The molecule has 2 aliphatic rings. The van der Waals surface area contributed by atoms with E-state index < -0.39 is 17.9 Å². The maximum atomic E-state index is 15.3. The molecular formula is C30H38F4N4O. The van der Waals surface area contributed by atoms with Gasteiger partial charge in [-0.05, 0) is 47.6 Å². The lowest BCUT2D eigenvalue weighted by Crippen LogP contribution is -2.42. The van der Waals surface area contributed by atoms with Crippen LogP contribution in [0.3, 0.4) is 0 Å². The SMILES string of the molecule is C=CC1=C(/C=C/C(F)(F)F)C(C)C(C(=C)/C(F)=C\C(=C)/C2=C/CN=C(N(C)CCC(C)CC=O)N(C)CC2)=N1. The number of halogens is 4. The highest BCUT2D eigenvalue weighted by molar-refractivity contribution is 6.08. The van der Waals surface area contributed by atoms with Crippen LogP contribution in [0.15, 0.2) is 93.9 Å². The number of hydrogen-bond acceptors (Lipinski definition) is 5. The quantitative estimate of drug-likeness (QED) is 0.163. The fourth-order valence-corrected chi connectivity index (χ4v) is 4.37. The molecule has 2 unspecified atom stereocenters. The summed E-state index contributed by atoms with van der Waals surface area (Å²) >= 11 is 0. The zero-order valence-corrected chi connectivity index (χ0v) is 23.2. The average Bonchev–Trinajstić information content (AvgIpc) is 3.18. The lowest BCUT2D eigenvalue weighted by molar-refractivity contribution is -0.108. The lowest BCUT2D eigenvalue weighted by Gasteiger charge is -2.31. The minimum atomic E-state index is -4.48. The van der Waals surface area contributed by atoms with Gasteiger partial charge < -0.3 is 14.6 Å². The largest absolute Gasteiger partial charge is 0.409 e. The van der Waals surface area contributed by atoms with Gasteiger partial charge in [0, 0.05) is 51.2 Å². The van der Waals surface area contributed by atoms with Gasteiger partial charge in [-0.1, -0.05) is 45.7 Å². The molecule has 9 heteroatoms. The number of hydrogen-bond donors (Lipinski definition) is 0. The average molecular weight is 547 g/mol. The first kappa shape index (κ1) is 31.7. The molecule has 0 aromatic rings. The smallest absolute Gasteiger partial charge is 0.346 e. The number of guanidine groups is 1. The van der Waals surface area contributed by atoms with Crippen molar-refractivity contribution < 1.29 is 22.4 Å². The number of allylic oxidation sites excluding steroid dienone is 8. The van der Waals surface area contributed by atoms with Crippen molar-refractivity contribution in [2.45, 2.75) is 39.3 Å².